The van der Waals surface area contributed by atoms with Crippen molar-refractivity contribution in [3.05, 3.63) is 48.2 Å². The molecular formula is C19H23N3O2. The van der Waals surface area contributed by atoms with Gasteiger partial charge in [-0.3, -0.25) is 4.79 Å². The number of amides is 1. The van der Waals surface area contributed by atoms with Crippen molar-refractivity contribution < 1.29 is 9.53 Å². The number of anilines is 2. The van der Waals surface area contributed by atoms with Crippen LogP contribution in [0.2, 0.25) is 0 Å². The minimum atomic E-state index is -0.160. The van der Waals surface area contributed by atoms with E-state index in [1.165, 1.54) is 32.1 Å². The van der Waals surface area contributed by atoms with Crippen LogP contribution in [0, 0.1) is 0 Å². The van der Waals surface area contributed by atoms with E-state index in [4.69, 9.17) is 4.74 Å². The molecule has 0 saturated heterocycles. The summed E-state index contributed by atoms with van der Waals surface area (Å²) in [6.45, 7) is 0. The summed E-state index contributed by atoms with van der Waals surface area (Å²) in [5, 5.41) is 6.32. The Morgan fingerprint density at radius 1 is 1.08 bits per heavy atom. The fourth-order valence-electron chi connectivity index (χ4n) is 2.95. The Morgan fingerprint density at radius 2 is 1.83 bits per heavy atom. The molecule has 1 aromatic heterocycles. The van der Waals surface area contributed by atoms with Crippen molar-refractivity contribution in [2.24, 2.45) is 0 Å². The summed E-state index contributed by atoms with van der Waals surface area (Å²) in [5.41, 5.74) is 1.27. The molecule has 3 rings (SSSR count). The van der Waals surface area contributed by atoms with E-state index < -0.39 is 0 Å². The highest BCUT2D eigenvalue weighted by Gasteiger charge is 2.13. The standard InChI is InChI=1S/C19H23N3O2/c1-24-17-10-7-14(8-11-17)19(23)22-16-9-12-18(20-13-16)21-15-5-3-2-4-6-15/h7-13,15H,2-6H2,1H3,(H,20,21)(H,22,23). The molecule has 5 heteroatoms. The molecule has 1 saturated carbocycles. The Hall–Kier alpha value is -2.56. The van der Waals surface area contributed by atoms with Crippen LogP contribution >= 0.6 is 0 Å². The lowest BCUT2D eigenvalue weighted by molar-refractivity contribution is 0.102. The van der Waals surface area contributed by atoms with Crippen LogP contribution in [0.15, 0.2) is 42.6 Å². The third-order valence-electron chi connectivity index (χ3n) is 4.33. The summed E-state index contributed by atoms with van der Waals surface area (Å²) in [7, 11) is 1.60. The highest BCUT2D eigenvalue weighted by Crippen LogP contribution is 2.21. The summed E-state index contributed by atoms with van der Waals surface area (Å²) in [6, 6.07) is 11.3. The van der Waals surface area contributed by atoms with Gasteiger partial charge in [-0.25, -0.2) is 4.98 Å². The number of nitrogens with zero attached hydrogens (tertiary/aromatic N) is 1. The normalized spacial score (nSPS) is 14.9. The first-order valence-electron chi connectivity index (χ1n) is 8.42. The second-order valence-electron chi connectivity index (χ2n) is 6.09. The maximum Gasteiger partial charge on any atom is 0.255 e. The summed E-state index contributed by atoms with van der Waals surface area (Å²) in [5.74, 6) is 1.43. The molecular weight excluding hydrogens is 302 g/mol. The molecule has 0 radical (unpaired) electrons. The quantitative estimate of drug-likeness (QED) is 0.869. The molecule has 1 amide bonds. The zero-order valence-electron chi connectivity index (χ0n) is 13.9. The number of carbonyl (C=O) groups is 1. The zero-order chi connectivity index (χ0) is 16.8. The zero-order valence-corrected chi connectivity index (χ0v) is 13.9. The number of carbonyl (C=O) groups excluding carboxylic acids is 1. The summed E-state index contributed by atoms with van der Waals surface area (Å²) in [6.07, 6.45) is 8.01. The molecule has 1 aromatic carbocycles. The van der Waals surface area contributed by atoms with Crippen molar-refractivity contribution in [2.45, 2.75) is 38.1 Å². The lowest BCUT2D eigenvalue weighted by Crippen LogP contribution is -2.22. The molecule has 1 fully saturated rings. The van der Waals surface area contributed by atoms with Gasteiger partial charge in [0.1, 0.15) is 11.6 Å². The predicted octanol–water partition coefficient (Wildman–Crippen LogP) is 4.09. The van der Waals surface area contributed by atoms with Crippen LogP contribution in [0.25, 0.3) is 0 Å². The van der Waals surface area contributed by atoms with Gasteiger partial charge in [-0.15, -0.1) is 0 Å². The Kier molecular flexibility index (Phi) is 5.31. The monoisotopic (exact) mass is 325 g/mol. The first-order chi connectivity index (χ1) is 11.7. The highest BCUT2D eigenvalue weighted by atomic mass is 16.5. The molecule has 0 spiro atoms. The van der Waals surface area contributed by atoms with Crippen LogP contribution in [0.5, 0.6) is 5.75 Å². The molecule has 1 aliphatic rings. The molecule has 5 nitrogen and oxygen atoms in total. The van der Waals surface area contributed by atoms with Gasteiger partial charge in [0.15, 0.2) is 0 Å². The van der Waals surface area contributed by atoms with Crippen LogP contribution in [-0.4, -0.2) is 24.0 Å². The number of hydrogen-bond acceptors (Lipinski definition) is 4. The molecule has 0 unspecified atom stereocenters. The predicted molar refractivity (Wildman–Crippen MR) is 95.7 cm³/mol. The number of ether oxygens (including phenoxy) is 1. The third-order valence-corrected chi connectivity index (χ3v) is 4.33. The molecule has 1 aliphatic carbocycles. The molecule has 24 heavy (non-hydrogen) atoms. The van der Waals surface area contributed by atoms with Gasteiger partial charge in [0.25, 0.3) is 5.91 Å². The molecule has 2 aromatic rings. The number of aromatic nitrogens is 1. The van der Waals surface area contributed by atoms with Crippen molar-refractivity contribution in [3.8, 4) is 5.75 Å². The lowest BCUT2D eigenvalue weighted by Gasteiger charge is -2.23. The maximum absolute atomic E-state index is 12.2. The summed E-state index contributed by atoms with van der Waals surface area (Å²) in [4.78, 5) is 16.6. The van der Waals surface area contributed by atoms with Crippen molar-refractivity contribution >= 4 is 17.4 Å². The largest absolute Gasteiger partial charge is 0.497 e. The van der Waals surface area contributed by atoms with Crippen LogP contribution in [0.1, 0.15) is 42.5 Å². The minimum Gasteiger partial charge on any atom is -0.497 e. The van der Waals surface area contributed by atoms with E-state index in [0.717, 1.165) is 11.6 Å². The Morgan fingerprint density at radius 3 is 2.46 bits per heavy atom. The average Bonchev–Trinajstić information content (AvgIpc) is 2.64. The topological polar surface area (TPSA) is 63.2 Å². The van der Waals surface area contributed by atoms with E-state index in [1.54, 1.807) is 37.6 Å². The van der Waals surface area contributed by atoms with Crippen molar-refractivity contribution in [2.75, 3.05) is 17.7 Å². The van der Waals surface area contributed by atoms with Crippen LogP contribution in [-0.2, 0) is 0 Å². The van der Waals surface area contributed by atoms with Gasteiger partial charge < -0.3 is 15.4 Å². The Labute approximate surface area is 142 Å². The Balaban J connectivity index is 1.57. The smallest absolute Gasteiger partial charge is 0.255 e. The number of rotatable bonds is 5. The Bertz CT molecular complexity index is 662. The van der Waals surface area contributed by atoms with Crippen LogP contribution in [0.4, 0.5) is 11.5 Å². The minimum absolute atomic E-state index is 0.160. The fourth-order valence-corrected chi connectivity index (χ4v) is 2.95. The van der Waals surface area contributed by atoms with Gasteiger partial charge in [-0.2, -0.15) is 0 Å². The second kappa shape index (κ2) is 7.81. The number of benzene rings is 1. The van der Waals surface area contributed by atoms with Crippen LogP contribution in [0.3, 0.4) is 0 Å². The third kappa shape index (κ3) is 4.25. The number of methoxy groups -OCH3 is 1. The van der Waals surface area contributed by atoms with Gasteiger partial charge >= 0.3 is 0 Å². The molecule has 2 N–H and O–H groups in total. The van der Waals surface area contributed by atoms with E-state index in [9.17, 15) is 4.79 Å². The van der Waals surface area contributed by atoms with E-state index in [1.807, 2.05) is 12.1 Å². The SMILES string of the molecule is COc1ccc(C(=O)Nc2ccc(NC3CCCCC3)nc2)cc1. The molecule has 0 aliphatic heterocycles. The number of hydrogen-bond donors (Lipinski definition) is 2. The fraction of sp³-hybridized carbons (Fsp3) is 0.368. The van der Waals surface area contributed by atoms with E-state index >= 15 is 0 Å². The van der Waals surface area contributed by atoms with Gasteiger partial charge in [0.05, 0.1) is 19.0 Å². The second-order valence-corrected chi connectivity index (χ2v) is 6.09. The summed E-state index contributed by atoms with van der Waals surface area (Å²) >= 11 is 0. The van der Waals surface area contributed by atoms with Crippen molar-refractivity contribution in [3.63, 3.8) is 0 Å². The first-order valence-corrected chi connectivity index (χ1v) is 8.42. The van der Waals surface area contributed by atoms with Gasteiger partial charge in [-0.1, -0.05) is 19.3 Å². The van der Waals surface area contributed by atoms with Gasteiger partial charge in [0.2, 0.25) is 0 Å². The van der Waals surface area contributed by atoms with Crippen molar-refractivity contribution in [1.82, 2.24) is 4.98 Å². The van der Waals surface area contributed by atoms with E-state index in [0.29, 0.717) is 17.3 Å². The number of nitrogens with one attached hydrogen (secondary N) is 2. The van der Waals surface area contributed by atoms with Gasteiger partial charge in [0, 0.05) is 11.6 Å². The average molecular weight is 325 g/mol. The van der Waals surface area contributed by atoms with E-state index in [2.05, 4.69) is 15.6 Å². The summed E-state index contributed by atoms with van der Waals surface area (Å²) < 4.78 is 5.09. The number of pyridine rings is 1. The van der Waals surface area contributed by atoms with E-state index in [-0.39, 0.29) is 5.91 Å². The highest BCUT2D eigenvalue weighted by molar-refractivity contribution is 6.04. The van der Waals surface area contributed by atoms with Gasteiger partial charge in [-0.05, 0) is 49.2 Å². The molecule has 1 heterocycles. The molecule has 126 valence electrons. The lowest BCUT2D eigenvalue weighted by atomic mass is 9.95. The van der Waals surface area contributed by atoms with Crippen LogP contribution < -0.4 is 15.4 Å². The maximum atomic E-state index is 12.2. The molecule has 0 bridgehead atoms. The first kappa shape index (κ1) is 16.3. The molecule has 0 atom stereocenters. The van der Waals surface area contributed by atoms with Crippen molar-refractivity contribution in [1.29, 1.82) is 0 Å².